The van der Waals surface area contributed by atoms with Crippen molar-refractivity contribution in [1.82, 2.24) is 10.6 Å². The predicted molar refractivity (Wildman–Crippen MR) is 93.6 cm³/mol. The smallest absolute Gasteiger partial charge is 0.407 e. The Labute approximate surface area is 151 Å². The van der Waals surface area contributed by atoms with Crippen LogP contribution in [0.3, 0.4) is 0 Å². The first-order chi connectivity index (χ1) is 11.7. The Balaban J connectivity index is 2.83. The van der Waals surface area contributed by atoms with Gasteiger partial charge >= 0.3 is 6.09 Å². The number of carbonyl (C=O) groups excluding carboxylic acids is 2. The van der Waals surface area contributed by atoms with Crippen molar-refractivity contribution in [2.45, 2.75) is 52.7 Å². The molecule has 0 aliphatic rings. The van der Waals surface area contributed by atoms with Crippen molar-refractivity contribution in [2.24, 2.45) is 0 Å². The van der Waals surface area contributed by atoms with Gasteiger partial charge in [-0.25, -0.2) is 9.18 Å². The lowest BCUT2D eigenvalue weighted by atomic mass is 10.0. The molecule has 2 amide bonds. The number of hydrogen-bond acceptors (Lipinski definition) is 5. The Hall–Kier alpha value is -2.71. The molecule has 0 radical (unpaired) electrons. The van der Waals surface area contributed by atoms with Crippen LogP contribution in [0.15, 0.2) is 12.1 Å². The fourth-order valence-corrected chi connectivity index (χ4v) is 2.02. The fraction of sp³-hybridized carbons (Fsp3) is 0.529. The topological polar surface area (TPSA) is 111 Å². The molecule has 0 unspecified atom stereocenters. The van der Waals surface area contributed by atoms with Gasteiger partial charge in [-0.2, -0.15) is 0 Å². The van der Waals surface area contributed by atoms with E-state index in [1.807, 2.05) is 0 Å². The monoisotopic (exact) mass is 369 g/mol. The maximum absolute atomic E-state index is 13.8. The largest absolute Gasteiger partial charge is 0.444 e. The summed E-state index contributed by atoms with van der Waals surface area (Å²) in [6.45, 7) is 9.76. The lowest BCUT2D eigenvalue weighted by Gasteiger charge is -2.27. The molecule has 26 heavy (non-hydrogen) atoms. The van der Waals surface area contributed by atoms with Crippen molar-refractivity contribution in [3.8, 4) is 0 Å². The zero-order valence-electron chi connectivity index (χ0n) is 15.7. The number of nitrogens with one attached hydrogen (secondary N) is 2. The molecule has 0 aliphatic carbocycles. The van der Waals surface area contributed by atoms with Gasteiger partial charge in [-0.1, -0.05) is 0 Å². The third-order valence-corrected chi connectivity index (χ3v) is 3.30. The van der Waals surface area contributed by atoms with Gasteiger partial charge < -0.3 is 15.4 Å². The SMILES string of the molecule is Cc1c(F)cc(C(=O)NC(C)(C)CNC(=O)OC(C)(C)C)cc1[N+](=O)[O-]. The molecule has 1 aromatic rings. The molecular formula is C17H24FN3O5. The summed E-state index contributed by atoms with van der Waals surface area (Å²) < 4.78 is 19.0. The number of benzene rings is 1. The number of alkyl carbamates (subject to hydrolysis) is 1. The summed E-state index contributed by atoms with van der Waals surface area (Å²) in [5.74, 6) is -1.53. The molecule has 0 spiro atoms. The van der Waals surface area contributed by atoms with Crippen molar-refractivity contribution in [1.29, 1.82) is 0 Å². The van der Waals surface area contributed by atoms with Crippen molar-refractivity contribution in [2.75, 3.05) is 6.54 Å². The van der Waals surface area contributed by atoms with E-state index in [2.05, 4.69) is 10.6 Å². The molecule has 0 atom stereocenters. The highest BCUT2D eigenvalue weighted by Crippen LogP contribution is 2.23. The molecule has 0 aliphatic heterocycles. The van der Waals surface area contributed by atoms with Crippen LogP contribution in [-0.4, -0.2) is 34.6 Å². The summed E-state index contributed by atoms with van der Waals surface area (Å²) in [5.41, 5.74) is -2.35. The Kier molecular flexibility index (Phi) is 6.29. The van der Waals surface area contributed by atoms with Crippen LogP contribution >= 0.6 is 0 Å². The molecule has 144 valence electrons. The van der Waals surface area contributed by atoms with E-state index in [0.29, 0.717) is 0 Å². The first-order valence-electron chi connectivity index (χ1n) is 7.96. The van der Waals surface area contributed by atoms with Gasteiger partial charge in [0.25, 0.3) is 11.6 Å². The molecule has 1 rings (SSSR count). The number of nitro benzene ring substituents is 1. The van der Waals surface area contributed by atoms with Gasteiger partial charge in [0, 0.05) is 18.2 Å². The molecule has 0 aromatic heterocycles. The Bertz CT molecular complexity index is 726. The maximum atomic E-state index is 13.8. The van der Waals surface area contributed by atoms with Crippen LogP contribution in [-0.2, 0) is 4.74 Å². The quantitative estimate of drug-likeness (QED) is 0.612. The minimum absolute atomic E-state index is 0.0457. The minimum Gasteiger partial charge on any atom is -0.444 e. The summed E-state index contributed by atoms with van der Waals surface area (Å²) in [6, 6.07) is 1.96. The van der Waals surface area contributed by atoms with Crippen molar-refractivity contribution in [3.63, 3.8) is 0 Å². The molecule has 0 heterocycles. The van der Waals surface area contributed by atoms with E-state index in [0.717, 1.165) is 12.1 Å². The summed E-state index contributed by atoms with van der Waals surface area (Å²) in [7, 11) is 0. The maximum Gasteiger partial charge on any atom is 0.407 e. The summed E-state index contributed by atoms with van der Waals surface area (Å²) in [4.78, 5) is 34.2. The average molecular weight is 369 g/mol. The molecule has 0 fully saturated rings. The minimum atomic E-state index is -0.899. The second-order valence-corrected chi connectivity index (χ2v) is 7.55. The van der Waals surface area contributed by atoms with Crippen LogP contribution in [0, 0.1) is 22.9 Å². The molecule has 0 saturated carbocycles. The average Bonchev–Trinajstić information content (AvgIpc) is 2.45. The van der Waals surface area contributed by atoms with Gasteiger partial charge in [-0.05, 0) is 47.6 Å². The highest BCUT2D eigenvalue weighted by molar-refractivity contribution is 5.95. The van der Waals surface area contributed by atoms with E-state index in [4.69, 9.17) is 4.74 Å². The van der Waals surface area contributed by atoms with Crippen LogP contribution in [0.2, 0.25) is 0 Å². The van der Waals surface area contributed by atoms with Crippen LogP contribution < -0.4 is 10.6 Å². The van der Waals surface area contributed by atoms with E-state index < -0.39 is 39.6 Å². The summed E-state index contributed by atoms with van der Waals surface area (Å²) in [6.07, 6.45) is -0.642. The number of hydrogen-bond donors (Lipinski definition) is 2. The highest BCUT2D eigenvalue weighted by atomic mass is 19.1. The lowest BCUT2D eigenvalue weighted by Crippen LogP contribution is -2.52. The van der Waals surface area contributed by atoms with E-state index in [1.54, 1.807) is 34.6 Å². The molecule has 9 heteroatoms. The molecule has 0 bridgehead atoms. The van der Waals surface area contributed by atoms with Crippen LogP contribution in [0.1, 0.15) is 50.5 Å². The number of rotatable bonds is 5. The van der Waals surface area contributed by atoms with Crippen LogP contribution in [0.4, 0.5) is 14.9 Å². The zero-order valence-corrected chi connectivity index (χ0v) is 15.7. The van der Waals surface area contributed by atoms with Crippen molar-refractivity contribution < 1.29 is 23.6 Å². The molecule has 2 N–H and O–H groups in total. The molecular weight excluding hydrogens is 345 g/mol. The number of ether oxygens (including phenoxy) is 1. The van der Waals surface area contributed by atoms with Gasteiger partial charge in [0.05, 0.1) is 16.0 Å². The Morgan fingerprint density at radius 2 is 1.81 bits per heavy atom. The summed E-state index contributed by atoms with van der Waals surface area (Å²) in [5, 5.41) is 16.1. The van der Waals surface area contributed by atoms with E-state index in [-0.39, 0.29) is 17.7 Å². The van der Waals surface area contributed by atoms with Crippen LogP contribution in [0.25, 0.3) is 0 Å². The third-order valence-electron chi connectivity index (χ3n) is 3.30. The molecule has 8 nitrogen and oxygen atoms in total. The first-order valence-corrected chi connectivity index (χ1v) is 7.96. The second-order valence-electron chi connectivity index (χ2n) is 7.55. The molecule has 1 aromatic carbocycles. The number of halogens is 1. The van der Waals surface area contributed by atoms with Crippen LogP contribution in [0.5, 0.6) is 0 Å². The second kappa shape index (κ2) is 7.67. The number of nitro groups is 1. The zero-order chi connectivity index (χ0) is 20.3. The number of amides is 2. The molecule has 0 saturated heterocycles. The fourth-order valence-electron chi connectivity index (χ4n) is 2.02. The van der Waals surface area contributed by atoms with Crippen molar-refractivity contribution >= 4 is 17.7 Å². The predicted octanol–water partition coefficient (Wildman–Crippen LogP) is 3.08. The van der Waals surface area contributed by atoms with E-state index in [1.165, 1.54) is 6.92 Å². The standard InChI is InChI=1S/C17H24FN3O5/c1-10-12(18)7-11(8-13(10)21(24)25)14(22)20-17(5,6)9-19-15(23)26-16(2,3)4/h7-8H,9H2,1-6H3,(H,19,23)(H,20,22). The van der Waals surface area contributed by atoms with E-state index in [9.17, 15) is 24.1 Å². The number of nitrogens with zero attached hydrogens (tertiary/aromatic N) is 1. The van der Waals surface area contributed by atoms with Gasteiger partial charge in [0.1, 0.15) is 11.4 Å². The van der Waals surface area contributed by atoms with Gasteiger partial charge in [-0.3, -0.25) is 14.9 Å². The van der Waals surface area contributed by atoms with Crippen molar-refractivity contribution in [3.05, 3.63) is 39.2 Å². The highest BCUT2D eigenvalue weighted by Gasteiger charge is 2.26. The van der Waals surface area contributed by atoms with Gasteiger partial charge in [0.2, 0.25) is 0 Å². The normalized spacial score (nSPS) is 11.7. The van der Waals surface area contributed by atoms with Gasteiger partial charge in [-0.15, -0.1) is 0 Å². The Morgan fingerprint density at radius 1 is 1.23 bits per heavy atom. The number of carbonyl (C=O) groups is 2. The first kappa shape index (κ1) is 21.3. The summed E-state index contributed by atoms with van der Waals surface area (Å²) >= 11 is 0. The lowest BCUT2D eigenvalue weighted by molar-refractivity contribution is -0.385. The third kappa shape index (κ3) is 6.30. The van der Waals surface area contributed by atoms with Gasteiger partial charge in [0.15, 0.2) is 0 Å². The Morgan fingerprint density at radius 3 is 2.31 bits per heavy atom. The van der Waals surface area contributed by atoms with E-state index >= 15 is 0 Å².